The second kappa shape index (κ2) is 3.98. The number of H-pyrrole nitrogens is 1. The van der Waals surface area contributed by atoms with E-state index in [1.54, 1.807) is 19.3 Å². The fourth-order valence-corrected chi connectivity index (χ4v) is 2.00. The van der Waals surface area contributed by atoms with Crippen LogP contribution in [-0.4, -0.2) is 15.9 Å². The zero-order valence-electron chi connectivity index (χ0n) is 8.62. The van der Waals surface area contributed by atoms with Crippen molar-refractivity contribution in [1.82, 2.24) is 9.97 Å². The number of halogens is 1. The van der Waals surface area contributed by atoms with Gasteiger partial charge in [0.1, 0.15) is 0 Å². The molecule has 0 atom stereocenters. The summed E-state index contributed by atoms with van der Waals surface area (Å²) in [7, 11) is 0. The summed E-state index contributed by atoms with van der Waals surface area (Å²) in [6, 6.07) is 3.61. The summed E-state index contributed by atoms with van der Waals surface area (Å²) < 4.78 is 0. The van der Waals surface area contributed by atoms with Crippen molar-refractivity contribution in [2.24, 2.45) is 5.73 Å². The van der Waals surface area contributed by atoms with Gasteiger partial charge in [0.05, 0.1) is 16.3 Å². The van der Waals surface area contributed by atoms with Gasteiger partial charge in [0.25, 0.3) is 5.91 Å². The maximum absolute atomic E-state index is 11.2. The SMILES string of the molecule is Cc1[nH]c(-c2ccncc2)c(Cl)c1C(N)=O. The molecule has 2 aromatic rings. The third kappa shape index (κ3) is 1.67. The average Bonchev–Trinajstić information content (AvgIpc) is 2.55. The average molecular weight is 236 g/mol. The molecule has 0 aromatic carbocycles. The van der Waals surface area contributed by atoms with E-state index in [4.69, 9.17) is 17.3 Å². The molecule has 0 fully saturated rings. The van der Waals surface area contributed by atoms with Crippen LogP contribution in [0.3, 0.4) is 0 Å². The van der Waals surface area contributed by atoms with E-state index in [9.17, 15) is 4.79 Å². The first-order valence-corrected chi connectivity index (χ1v) is 5.07. The number of aryl methyl sites for hydroxylation is 1. The molecule has 2 heterocycles. The summed E-state index contributed by atoms with van der Waals surface area (Å²) in [6.07, 6.45) is 3.32. The van der Waals surface area contributed by atoms with Crippen molar-refractivity contribution in [2.75, 3.05) is 0 Å². The number of pyridine rings is 1. The second-order valence-electron chi connectivity index (χ2n) is 3.41. The highest BCUT2D eigenvalue weighted by atomic mass is 35.5. The summed E-state index contributed by atoms with van der Waals surface area (Å²) in [4.78, 5) is 18.2. The molecular formula is C11H10ClN3O. The molecule has 1 amide bonds. The number of amides is 1. The molecule has 0 saturated carbocycles. The van der Waals surface area contributed by atoms with Crippen LogP contribution in [0.2, 0.25) is 5.02 Å². The molecule has 5 heteroatoms. The van der Waals surface area contributed by atoms with Crippen molar-refractivity contribution >= 4 is 17.5 Å². The van der Waals surface area contributed by atoms with Crippen molar-refractivity contribution in [3.63, 3.8) is 0 Å². The van der Waals surface area contributed by atoms with Crippen molar-refractivity contribution in [2.45, 2.75) is 6.92 Å². The van der Waals surface area contributed by atoms with Crippen molar-refractivity contribution in [3.8, 4) is 11.3 Å². The fraction of sp³-hybridized carbons (Fsp3) is 0.0909. The third-order valence-corrected chi connectivity index (χ3v) is 2.72. The third-order valence-electron chi connectivity index (χ3n) is 2.34. The fourth-order valence-electron chi connectivity index (χ4n) is 1.60. The number of primary amides is 1. The highest BCUT2D eigenvalue weighted by Gasteiger charge is 2.18. The Morgan fingerprint density at radius 1 is 1.44 bits per heavy atom. The lowest BCUT2D eigenvalue weighted by atomic mass is 10.1. The number of carbonyl (C=O) groups is 1. The van der Waals surface area contributed by atoms with Crippen molar-refractivity contribution in [3.05, 3.63) is 40.8 Å². The van der Waals surface area contributed by atoms with Crippen molar-refractivity contribution in [1.29, 1.82) is 0 Å². The first-order valence-electron chi connectivity index (χ1n) is 4.69. The monoisotopic (exact) mass is 235 g/mol. The summed E-state index contributed by atoms with van der Waals surface area (Å²) in [5.74, 6) is -0.529. The number of nitrogens with two attached hydrogens (primary N) is 1. The van der Waals surface area contributed by atoms with Gasteiger partial charge in [-0.1, -0.05) is 11.6 Å². The first-order chi connectivity index (χ1) is 7.61. The molecule has 0 spiro atoms. The van der Waals surface area contributed by atoms with Gasteiger partial charge in [-0.25, -0.2) is 0 Å². The molecule has 82 valence electrons. The molecule has 0 aliphatic heterocycles. The Morgan fingerprint density at radius 3 is 2.56 bits per heavy atom. The van der Waals surface area contributed by atoms with E-state index >= 15 is 0 Å². The van der Waals surface area contributed by atoms with Crippen LogP contribution in [0, 0.1) is 6.92 Å². The second-order valence-corrected chi connectivity index (χ2v) is 3.79. The molecule has 0 radical (unpaired) electrons. The lowest BCUT2D eigenvalue weighted by Gasteiger charge is -1.98. The zero-order valence-corrected chi connectivity index (χ0v) is 9.38. The molecule has 0 aliphatic carbocycles. The topological polar surface area (TPSA) is 71.8 Å². The molecule has 4 nitrogen and oxygen atoms in total. The summed E-state index contributed by atoms with van der Waals surface area (Å²) >= 11 is 6.11. The largest absolute Gasteiger partial charge is 0.365 e. The quantitative estimate of drug-likeness (QED) is 0.837. The van der Waals surface area contributed by atoms with Crippen LogP contribution in [0.5, 0.6) is 0 Å². The maximum Gasteiger partial charge on any atom is 0.252 e. The van der Waals surface area contributed by atoms with Crippen LogP contribution in [-0.2, 0) is 0 Å². The Morgan fingerprint density at radius 2 is 2.06 bits per heavy atom. The van der Waals surface area contributed by atoms with Crippen LogP contribution in [0.15, 0.2) is 24.5 Å². The van der Waals surface area contributed by atoms with Gasteiger partial charge in [-0.2, -0.15) is 0 Å². The molecule has 2 rings (SSSR count). The van der Waals surface area contributed by atoms with Crippen LogP contribution >= 0.6 is 11.6 Å². The van der Waals surface area contributed by atoms with Crippen molar-refractivity contribution < 1.29 is 4.79 Å². The predicted octanol–water partition coefficient (Wildman–Crippen LogP) is 2.14. The Bertz CT molecular complexity index is 534. The van der Waals surface area contributed by atoms with Gasteiger partial charge in [0.2, 0.25) is 0 Å². The van der Waals surface area contributed by atoms with Gasteiger partial charge >= 0.3 is 0 Å². The minimum atomic E-state index is -0.529. The van der Waals surface area contributed by atoms with Gasteiger partial charge in [-0.3, -0.25) is 9.78 Å². The van der Waals surface area contributed by atoms with Gasteiger partial charge < -0.3 is 10.7 Å². The van der Waals surface area contributed by atoms with Gasteiger partial charge in [0, 0.05) is 23.7 Å². The van der Waals surface area contributed by atoms with E-state index in [0.29, 0.717) is 22.0 Å². The number of hydrogen-bond acceptors (Lipinski definition) is 2. The van der Waals surface area contributed by atoms with Gasteiger partial charge in [-0.05, 0) is 19.1 Å². The molecule has 2 aromatic heterocycles. The Kier molecular flexibility index (Phi) is 2.66. The smallest absolute Gasteiger partial charge is 0.252 e. The standard InChI is InChI=1S/C11H10ClN3O/c1-6-8(11(13)16)9(12)10(15-6)7-2-4-14-5-3-7/h2-5,15H,1H3,(H2,13,16). The number of nitrogens with one attached hydrogen (secondary N) is 1. The summed E-state index contributed by atoms with van der Waals surface area (Å²) in [5, 5.41) is 0.358. The van der Waals surface area contributed by atoms with Crippen LogP contribution in [0.25, 0.3) is 11.3 Å². The number of nitrogens with zero attached hydrogens (tertiary/aromatic N) is 1. The van der Waals surface area contributed by atoms with Crippen LogP contribution in [0.4, 0.5) is 0 Å². The molecule has 0 aliphatic rings. The van der Waals surface area contributed by atoms with E-state index in [-0.39, 0.29) is 0 Å². The molecule has 3 N–H and O–H groups in total. The molecular weight excluding hydrogens is 226 g/mol. The number of aromatic nitrogens is 2. The Hall–Kier alpha value is -1.81. The van der Waals surface area contributed by atoms with E-state index < -0.39 is 5.91 Å². The molecule has 0 unspecified atom stereocenters. The van der Waals surface area contributed by atoms with Crippen LogP contribution in [0.1, 0.15) is 16.1 Å². The number of hydrogen-bond donors (Lipinski definition) is 2. The number of aromatic amines is 1. The lowest BCUT2D eigenvalue weighted by Crippen LogP contribution is -2.11. The highest BCUT2D eigenvalue weighted by Crippen LogP contribution is 2.31. The van der Waals surface area contributed by atoms with Gasteiger partial charge in [-0.15, -0.1) is 0 Å². The number of rotatable bonds is 2. The Balaban J connectivity index is 2.61. The zero-order chi connectivity index (χ0) is 11.7. The Labute approximate surface area is 97.5 Å². The van der Waals surface area contributed by atoms with E-state index in [0.717, 1.165) is 5.56 Å². The molecule has 0 bridgehead atoms. The highest BCUT2D eigenvalue weighted by molar-refractivity contribution is 6.36. The summed E-state index contributed by atoms with van der Waals surface area (Å²) in [5.41, 5.74) is 7.82. The summed E-state index contributed by atoms with van der Waals surface area (Å²) in [6.45, 7) is 1.76. The van der Waals surface area contributed by atoms with Gasteiger partial charge in [0.15, 0.2) is 0 Å². The normalized spacial score (nSPS) is 10.4. The predicted molar refractivity (Wildman–Crippen MR) is 62.3 cm³/mol. The van der Waals surface area contributed by atoms with Crippen LogP contribution < -0.4 is 5.73 Å². The first kappa shape index (κ1) is 10.7. The molecule has 16 heavy (non-hydrogen) atoms. The minimum absolute atomic E-state index is 0.341. The van der Waals surface area contributed by atoms with E-state index in [1.165, 1.54) is 0 Å². The number of carbonyl (C=O) groups excluding carboxylic acids is 1. The maximum atomic E-state index is 11.2. The minimum Gasteiger partial charge on any atom is -0.365 e. The van der Waals surface area contributed by atoms with E-state index in [1.807, 2.05) is 12.1 Å². The molecule has 0 saturated heterocycles. The van der Waals surface area contributed by atoms with E-state index in [2.05, 4.69) is 9.97 Å². The lowest BCUT2D eigenvalue weighted by molar-refractivity contribution is 0.1000.